The summed E-state index contributed by atoms with van der Waals surface area (Å²) >= 11 is 0. The van der Waals surface area contributed by atoms with Gasteiger partial charge in [0.2, 0.25) is 5.88 Å². The van der Waals surface area contributed by atoms with Crippen LogP contribution in [0.1, 0.15) is 22.7 Å². The number of anilines is 1. The van der Waals surface area contributed by atoms with Gasteiger partial charge < -0.3 is 20.5 Å². The van der Waals surface area contributed by atoms with Crippen LogP contribution in [0.2, 0.25) is 0 Å². The molecule has 6 nitrogen and oxygen atoms in total. The van der Waals surface area contributed by atoms with Gasteiger partial charge in [-0.05, 0) is 53.9 Å². The number of carboxylic acids is 1. The zero-order valence-corrected chi connectivity index (χ0v) is 16.9. The highest BCUT2D eigenvalue weighted by Gasteiger charge is 2.29. The summed E-state index contributed by atoms with van der Waals surface area (Å²) in [5, 5.41) is 15.8. The van der Waals surface area contributed by atoms with Crippen molar-refractivity contribution in [1.29, 1.82) is 0 Å². The van der Waals surface area contributed by atoms with E-state index in [-0.39, 0.29) is 24.4 Å². The maximum absolute atomic E-state index is 13.9. The summed E-state index contributed by atoms with van der Waals surface area (Å²) in [5.74, 6) is -0.617. The lowest BCUT2D eigenvalue weighted by molar-refractivity contribution is -0.136. The second kappa shape index (κ2) is 9.57. The Bertz CT molecular complexity index is 1060. The molecule has 3 N–H and O–H groups in total. The van der Waals surface area contributed by atoms with Gasteiger partial charge in [0.25, 0.3) is 0 Å². The van der Waals surface area contributed by atoms with E-state index in [1.165, 1.54) is 12.1 Å². The first-order valence-corrected chi connectivity index (χ1v) is 10.2. The van der Waals surface area contributed by atoms with E-state index in [2.05, 4.69) is 15.6 Å². The van der Waals surface area contributed by atoms with Crippen LogP contribution in [0.5, 0.6) is 5.88 Å². The number of hydrogen-bond donors (Lipinski definition) is 3. The molecule has 1 aliphatic rings. The van der Waals surface area contributed by atoms with Gasteiger partial charge in [-0.15, -0.1) is 0 Å². The number of hydrogen-bond acceptors (Lipinski definition) is 5. The first-order chi connectivity index (χ1) is 15.1. The fourth-order valence-electron chi connectivity index (χ4n) is 3.81. The molecule has 0 bridgehead atoms. The van der Waals surface area contributed by atoms with E-state index in [1.54, 1.807) is 12.3 Å². The number of fused-ring (bicyclic) bond motifs is 1. The highest BCUT2D eigenvalue weighted by Crippen LogP contribution is 2.30. The van der Waals surface area contributed by atoms with Crippen molar-refractivity contribution < 1.29 is 19.0 Å². The molecule has 0 radical (unpaired) electrons. The van der Waals surface area contributed by atoms with Gasteiger partial charge >= 0.3 is 5.97 Å². The molecule has 0 saturated heterocycles. The summed E-state index contributed by atoms with van der Waals surface area (Å²) in [6, 6.07) is 17.6. The molecule has 3 aromatic rings. The minimum Gasteiger partial charge on any atom is -0.481 e. The highest BCUT2D eigenvalue weighted by atomic mass is 19.1. The van der Waals surface area contributed by atoms with Crippen LogP contribution < -0.4 is 15.4 Å². The molecule has 0 aliphatic carbocycles. The monoisotopic (exact) mass is 421 g/mol. The number of nitrogens with zero attached hydrogens (tertiary/aromatic N) is 1. The lowest BCUT2D eigenvalue weighted by Crippen LogP contribution is -2.43. The van der Waals surface area contributed by atoms with Crippen molar-refractivity contribution in [2.75, 3.05) is 18.4 Å². The lowest BCUT2D eigenvalue weighted by Gasteiger charge is -2.33. The number of ether oxygens (including phenoxy) is 1. The molecule has 0 unspecified atom stereocenters. The molecule has 1 aliphatic heterocycles. The lowest BCUT2D eigenvalue weighted by atomic mass is 9.99. The Morgan fingerprint density at radius 2 is 2.03 bits per heavy atom. The Kier molecular flexibility index (Phi) is 6.43. The minimum absolute atomic E-state index is 0.00117. The van der Waals surface area contributed by atoms with Crippen molar-refractivity contribution >= 4 is 11.7 Å². The SMILES string of the molecule is O=C(O)Cc1cccc(CCN[C@H](c2cccc(F)c2)[C@H]2CNc3cccnc3O2)c1. The van der Waals surface area contributed by atoms with E-state index in [4.69, 9.17) is 9.84 Å². The Labute approximate surface area is 180 Å². The summed E-state index contributed by atoms with van der Waals surface area (Å²) < 4.78 is 20.1. The zero-order valence-electron chi connectivity index (χ0n) is 16.9. The molecule has 0 spiro atoms. The molecule has 2 atom stereocenters. The van der Waals surface area contributed by atoms with E-state index >= 15 is 0 Å². The first kappa shape index (κ1) is 20.8. The van der Waals surface area contributed by atoms with Crippen LogP contribution in [0.4, 0.5) is 10.1 Å². The predicted octanol–water partition coefficient (Wildman–Crippen LogP) is 3.59. The molecule has 2 aromatic carbocycles. The molecule has 7 heteroatoms. The van der Waals surface area contributed by atoms with Crippen molar-refractivity contribution in [2.24, 2.45) is 0 Å². The van der Waals surface area contributed by atoms with Gasteiger partial charge in [0.05, 0.1) is 24.7 Å². The normalized spacial score (nSPS) is 16.0. The predicted molar refractivity (Wildman–Crippen MR) is 116 cm³/mol. The quantitative estimate of drug-likeness (QED) is 0.516. The van der Waals surface area contributed by atoms with E-state index < -0.39 is 5.97 Å². The number of rotatable bonds is 8. The number of halogens is 1. The van der Waals surface area contributed by atoms with Crippen LogP contribution in [-0.2, 0) is 17.6 Å². The molecule has 160 valence electrons. The maximum atomic E-state index is 13.9. The molecule has 4 rings (SSSR count). The molecule has 1 aromatic heterocycles. The van der Waals surface area contributed by atoms with Gasteiger partial charge in [-0.25, -0.2) is 9.37 Å². The zero-order chi connectivity index (χ0) is 21.6. The molecule has 2 heterocycles. The number of nitrogens with one attached hydrogen (secondary N) is 2. The average Bonchev–Trinajstić information content (AvgIpc) is 2.76. The van der Waals surface area contributed by atoms with Crippen molar-refractivity contribution in [1.82, 2.24) is 10.3 Å². The van der Waals surface area contributed by atoms with Crippen LogP contribution >= 0.6 is 0 Å². The largest absolute Gasteiger partial charge is 0.481 e. The van der Waals surface area contributed by atoms with Gasteiger partial charge in [0, 0.05) is 6.20 Å². The van der Waals surface area contributed by atoms with Crippen LogP contribution in [0.3, 0.4) is 0 Å². The van der Waals surface area contributed by atoms with E-state index in [0.717, 1.165) is 22.4 Å². The number of carboxylic acid groups (broad SMARTS) is 1. The third-order valence-corrected chi connectivity index (χ3v) is 5.23. The minimum atomic E-state index is -0.850. The van der Waals surface area contributed by atoms with Gasteiger partial charge in [0.15, 0.2) is 0 Å². The van der Waals surface area contributed by atoms with Crippen LogP contribution in [0.25, 0.3) is 0 Å². The fourth-order valence-corrected chi connectivity index (χ4v) is 3.81. The third kappa shape index (κ3) is 5.38. The summed E-state index contributed by atoms with van der Waals surface area (Å²) in [4.78, 5) is 15.3. The first-order valence-electron chi connectivity index (χ1n) is 10.2. The average molecular weight is 421 g/mol. The van der Waals surface area contributed by atoms with Crippen LogP contribution in [-0.4, -0.2) is 35.3 Å². The molecule has 31 heavy (non-hydrogen) atoms. The number of benzene rings is 2. The van der Waals surface area contributed by atoms with E-state index in [1.807, 2.05) is 42.5 Å². The summed E-state index contributed by atoms with van der Waals surface area (Å²) in [5.41, 5.74) is 3.45. The smallest absolute Gasteiger partial charge is 0.307 e. The van der Waals surface area contributed by atoms with E-state index in [0.29, 0.717) is 25.4 Å². The van der Waals surface area contributed by atoms with Gasteiger partial charge in [-0.2, -0.15) is 0 Å². The van der Waals surface area contributed by atoms with Crippen molar-refractivity contribution in [3.63, 3.8) is 0 Å². The highest BCUT2D eigenvalue weighted by molar-refractivity contribution is 5.70. The summed E-state index contributed by atoms with van der Waals surface area (Å²) in [6.45, 7) is 1.17. The van der Waals surface area contributed by atoms with Gasteiger partial charge in [-0.1, -0.05) is 36.4 Å². The third-order valence-electron chi connectivity index (χ3n) is 5.23. The number of aliphatic carboxylic acids is 1. The Balaban J connectivity index is 1.48. The van der Waals surface area contributed by atoms with Crippen LogP contribution in [0, 0.1) is 5.82 Å². The number of carbonyl (C=O) groups is 1. The van der Waals surface area contributed by atoms with Crippen molar-refractivity contribution in [3.8, 4) is 5.88 Å². The maximum Gasteiger partial charge on any atom is 0.307 e. The topological polar surface area (TPSA) is 83.5 Å². The van der Waals surface area contributed by atoms with Gasteiger partial charge in [-0.3, -0.25) is 4.79 Å². The van der Waals surface area contributed by atoms with Crippen LogP contribution in [0.15, 0.2) is 66.9 Å². The van der Waals surface area contributed by atoms with Crippen molar-refractivity contribution in [3.05, 3.63) is 89.4 Å². The molecular weight excluding hydrogens is 397 g/mol. The number of pyridine rings is 1. The Morgan fingerprint density at radius 3 is 2.87 bits per heavy atom. The second-order valence-corrected chi connectivity index (χ2v) is 7.52. The number of aromatic nitrogens is 1. The second-order valence-electron chi connectivity index (χ2n) is 7.52. The molecule has 0 fully saturated rings. The van der Waals surface area contributed by atoms with Gasteiger partial charge in [0.1, 0.15) is 11.9 Å². The molecular formula is C24H24FN3O3. The summed E-state index contributed by atoms with van der Waals surface area (Å²) in [6.07, 6.45) is 2.11. The molecule has 0 amide bonds. The fraction of sp³-hybridized carbons (Fsp3) is 0.250. The standard InChI is InChI=1S/C24H24FN3O3/c25-19-7-2-6-18(14-19)23(21-15-28-20-8-3-10-27-24(20)31-21)26-11-9-16-4-1-5-17(12-16)13-22(29)30/h1-8,10,12,14,21,23,26,28H,9,11,13,15H2,(H,29,30)/t21-,23-/m1/s1. The Hall–Kier alpha value is -3.45. The van der Waals surface area contributed by atoms with Crippen molar-refractivity contribution in [2.45, 2.75) is 25.0 Å². The molecule has 0 saturated carbocycles. The Morgan fingerprint density at radius 1 is 1.19 bits per heavy atom. The van der Waals surface area contributed by atoms with E-state index in [9.17, 15) is 9.18 Å². The summed E-state index contributed by atoms with van der Waals surface area (Å²) in [7, 11) is 0.